The summed E-state index contributed by atoms with van der Waals surface area (Å²) in [6, 6.07) is 10.3. The second-order valence-electron chi connectivity index (χ2n) is 8.18. The number of carbonyl (C=O) groups is 1. The highest BCUT2D eigenvalue weighted by molar-refractivity contribution is 7.89. The van der Waals surface area contributed by atoms with Crippen LogP contribution in [-0.4, -0.2) is 31.7 Å². The molecular formula is C23H29ClN2O3S. The number of hydrogen-bond acceptors (Lipinski definition) is 3. The van der Waals surface area contributed by atoms with Gasteiger partial charge in [0.25, 0.3) is 0 Å². The zero-order valence-corrected chi connectivity index (χ0v) is 19.5. The maximum Gasteiger partial charge on any atom is 0.243 e. The summed E-state index contributed by atoms with van der Waals surface area (Å²) in [7, 11) is -3.65. The van der Waals surface area contributed by atoms with Gasteiger partial charge in [0.15, 0.2) is 0 Å². The molecule has 1 amide bonds. The second kappa shape index (κ2) is 9.08. The first-order chi connectivity index (χ1) is 14.1. The molecule has 7 heteroatoms. The first kappa shape index (κ1) is 22.8. The highest BCUT2D eigenvalue weighted by Gasteiger charge is 2.33. The van der Waals surface area contributed by atoms with Gasteiger partial charge in [-0.1, -0.05) is 23.7 Å². The largest absolute Gasteiger partial charge is 0.349 e. The molecule has 0 aliphatic carbocycles. The highest BCUT2D eigenvalue weighted by Crippen LogP contribution is 2.26. The Morgan fingerprint density at radius 1 is 1.10 bits per heavy atom. The van der Waals surface area contributed by atoms with Crippen molar-refractivity contribution in [3.63, 3.8) is 0 Å². The molecule has 162 valence electrons. The average Bonchev–Trinajstić information content (AvgIpc) is 2.71. The summed E-state index contributed by atoms with van der Waals surface area (Å²) in [5, 5.41) is 3.58. The van der Waals surface area contributed by atoms with E-state index in [0.717, 1.165) is 11.1 Å². The Morgan fingerprint density at radius 3 is 2.40 bits per heavy atom. The van der Waals surface area contributed by atoms with Crippen LogP contribution in [0.5, 0.6) is 0 Å². The molecule has 30 heavy (non-hydrogen) atoms. The zero-order valence-electron chi connectivity index (χ0n) is 17.9. The Morgan fingerprint density at radius 2 is 1.73 bits per heavy atom. The number of benzene rings is 2. The van der Waals surface area contributed by atoms with Crippen LogP contribution in [0.15, 0.2) is 41.3 Å². The summed E-state index contributed by atoms with van der Waals surface area (Å²) < 4.78 is 27.4. The van der Waals surface area contributed by atoms with Gasteiger partial charge in [-0.3, -0.25) is 4.79 Å². The summed E-state index contributed by atoms with van der Waals surface area (Å²) in [6.45, 7) is 8.77. The Bertz CT molecular complexity index is 1040. The number of amides is 1. The van der Waals surface area contributed by atoms with Crippen molar-refractivity contribution in [2.24, 2.45) is 5.92 Å². The fourth-order valence-electron chi connectivity index (χ4n) is 3.99. The topological polar surface area (TPSA) is 66.5 Å². The number of halogens is 1. The maximum absolute atomic E-state index is 13.0. The third kappa shape index (κ3) is 4.88. The van der Waals surface area contributed by atoms with E-state index < -0.39 is 10.0 Å². The van der Waals surface area contributed by atoms with Gasteiger partial charge in [-0.05, 0) is 87.1 Å². The lowest BCUT2D eigenvalue weighted by Crippen LogP contribution is -2.45. The highest BCUT2D eigenvalue weighted by atomic mass is 35.5. The molecule has 0 saturated carbocycles. The van der Waals surface area contributed by atoms with Crippen LogP contribution in [0.25, 0.3) is 0 Å². The van der Waals surface area contributed by atoms with E-state index in [9.17, 15) is 13.2 Å². The molecule has 1 heterocycles. The lowest BCUT2D eigenvalue weighted by atomic mass is 9.95. The van der Waals surface area contributed by atoms with Crippen molar-refractivity contribution in [1.29, 1.82) is 0 Å². The van der Waals surface area contributed by atoms with Gasteiger partial charge in [-0.2, -0.15) is 4.31 Å². The van der Waals surface area contributed by atoms with Crippen LogP contribution in [0.3, 0.4) is 0 Å². The quantitative estimate of drug-likeness (QED) is 0.729. The minimum atomic E-state index is -3.65. The molecular weight excluding hydrogens is 420 g/mol. The van der Waals surface area contributed by atoms with Gasteiger partial charge in [-0.25, -0.2) is 8.42 Å². The fraction of sp³-hybridized carbons (Fsp3) is 0.435. The number of sulfonamides is 1. The van der Waals surface area contributed by atoms with Crippen LogP contribution in [0, 0.1) is 26.7 Å². The third-order valence-corrected chi connectivity index (χ3v) is 8.05. The molecule has 1 fully saturated rings. The number of rotatable bonds is 5. The molecule has 2 aromatic rings. The summed E-state index contributed by atoms with van der Waals surface area (Å²) in [5.74, 6) is -0.466. The maximum atomic E-state index is 13.0. The van der Waals surface area contributed by atoms with Crippen molar-refractivity contribution < 1.29 is 13.2 Å². The number of hydrogen-bond donors (Lipinski definition) is 1. The predicted octanol–water partition coefficient (Wildman–Crippen LogP) is 4.54. The van der Waals surface area contributed by atoms with Crippen LogP contribution in [0.4, 0.5) is 0 Å². The molecule has 3 rings (SSSR count). The summed E-state index contributed by atoms with van der Waals surface area (Å²) >= 11 is 5.88. The third-order valence-electron chi connectivity index (χ3n) is 5.91. The van der Waals surface area contributed by atoms with E-state index in [1.54, 1.807) is 12.1 Å². The smallest absolute Gasteiger partial charge is 0.243 e. The number of aryl methyl sites for hydroxylation is 3. The van der Waals surface area contributed by atoms with E-state index in [1.807, 2.05) is 13.8 Å². The standard InChI is InChI=1S/C23H29ClN2O3S/c1-15-12-17(3)22(13-16(15)2)18(4)25-23(27)19-6-5-11-26(14-19)30(28,29)21-9-7-20(24)8-10-21/h7-10,12-13,18-19H,5-6,11,14H2,1-4H3,(H,25,27)/t18-,19+/m1/s1. The minimum Gasteiger partial charge on any atom is -0.349 e. The van der Waals surface area contributed by atoms with Gasteiger partial charge >= 0.3 is 0 Å². The predicted molar refractivity (Wildman–Crippen MR) is 120 cm³/mol. The summed E-state index contributed by atoms with van der Waals surface area (Å²) in [5.41, 5.74) is 4.65. The fourth-order valence-corrected chi connectivity index (χ4v) is 5.64. The van der Waals surface area contributed by atoms with Crippen molar-refractivity contribution in [2.45, 2.75) is 51.5 Å². The normalized spacial score (nSPS) is 18.8. The van der Waals surface area contributed by atoms with E-state index in [-0.39, 0.29) is 29.3 Å². The van der Waals surface area contributed by atoms with Gasteiger partial charge < -0.3 is 5.32 Å². The van der Waals surface area contributed by atoms with E-state index in [1.165, 1.54) is 27.6 Å². The van der Waals surface area contributed by atoms with Gasteiger partial charge in [0.2, 0.25) is 15.9 Å². The average molecular weight is 449 g/mol. The van der Waals surface area contributed by atoms with Crippen LogP contribution in [0.2, 0.25) is 5.02 Å². The van der Waals surface area contributed by atoms with Crippen molar-refractivity contribution >= 4 is 27.5 Å². The SMILES string of the molecule is Cc1cc(C)c([C@@H](C)NC(=O)[C@H]2CCCN(S(=O)(=O)c3ccc(Cl)cc3)C2)cc1C. The number of carbonyl (C=O) groups excluding carboxylic acids is 1. The molecule has 1 N–H and O–H groups in total. The molecule has 1 saturated heterocycles. The minimum absolute atomic E-state index is 0.101. The number of nitrogens with one attached hydrogen (secondary N) is 1. The lowest BCUT2D eigenvalue weighted by molar-refractivity contribution is -0.126. The molecule has 1 aliphatic rings. The van der Waals surface area contributed by atoms with Crippen LogP contribution in [0.1, 0.15) is 48.1 Å². The molecule has 2 atom stereocenters. The lowest BCUT2D eigenvalue weighted by Gasteiger charge is -2.32. The summed E-state index contributed by atoms with van der Waals surface area (Å²) in [6.07, 6.45) is 1.33. The van der Waals surface area contributed by atoms with Crippen LogP contribution >= 0.6 is 11.6 Å². The monoisotopic (exact) mass is 448 g/mol. The second-order valence-corrected chi connectivity index (χ2v) is 10.6. The number of piperidine rings is 1. The van der Waals surface area contributed by atoms with Crippen molar-refractivity contribution in [2.75, 3.05) is 13.1 Å². The van der Waals surface area contributed by atoms with E-state index in [2.05, 4.69) is 31.3 Å². The molecule has 0 radical (unpaired) electrons. The molecule has 1 aliphatic heterocycles. The van der Waals surface area contributed by atoms with Gasteiger partial charge in [0.1, 0.15) is 0 Å². The van der Waals surface area contributed by atoms with E-state index in [0.29, 0.717) is 24.4 Å². The number of nitrogens with zero attached hydrogens (tertiary/aromatic N) is 1. The summed E-state index contributed by atoms with van der Waals surface area (Å²) in [4.78, 5) is 13.1. The molecule has 0 spiro atoms. The van der Waals surface area contributed by atoms with E-state index >= 15 is 0 Å². The van der Waals surface area contributed by atoms with Crippen molar-refractivity contribution in [3.05, 3.63) is 63.7 Å². The van der Waals surface area contributed by atoms with Gasteiger partial charge in [0, 0.05) is 18.1 Å². The van der Waals surface area contributed by atoms with Crippen LogP contribution in [-0.2, 0) is 14.8 Å². The molecule has 0 unspecified atom stereocenters. The Labute approximate surface area is 184 Å². The van der Waals surface area contributed by atoms with Gasteiger partial charge in [-0.15, -0.1) is 0 Å². The van der Waals surface area contributed by atoms with Gasteiger partial charge in [0.05, 0.1) is 16.9 Å². The Balaban J connectivity index is 1.71. The Kier molecular flexibility index (Phi) is 6.90. The molecule has 0 bridgehead atoms. The zero-order chi connectivity index (χ0) is 22.1. The van der Waals surface area contributed by atoms with Crippen molar-refractivity contribution in [3.8, 4) is 0 Å². The molecule has 5 nitrogen and oxygen atoms in total. The van der Waals surface area contributed by atoms with Crippen LogP contribution < -0.4 is 5.32 Å². The Hall–Kier alpha value is -1.89. The van der Waals surface area contributed by atoms with E-state index in [4.69, 9.17) is 11.6 Å². The first-order valence-electron chi connectivity index (χ1n) is 10.2. The van der Waals surface area contributed by atoms with Crippen molar-refractivity contribution in [1.82, 2.24) is 9.62 Å². The first-order valence-corrected chi connectivity index (χ1v) is 12.0. The molecule has 2 aromatic carbocycles. The molecule has 0 aromatic heterocycles.